The number of pyridine rings is 1. The third-order valence-electron chi connectivity index (χ3n) is 2.64. The zero-order chi connectivity index (χ0) is 15.6. The molecule has 2 aromatic heterocycles. The van der Waals surface area contributed by atoms with Crippen molar-refractivity contribution in [2.75, 3.05) is 0 Å². The molecule has 7 nitrogen and oxygen atoms in total. The van der Waals surface area contributed by atoms with Crippen molar-refractivity contribution in [2.45, 2.75) is 0 Å². The van der Waals surface area contributed by atoms with Crippen LogP contribution in [0.1, 0.15) is 0 Å². The van der Waals surface area contributed by atoms with Crippen LogP contribution in [-0.4, -0.2) is 23.5 Å². The minimum Gasteiger partial charge on any atom is -0.358 e. The Kier molecular flexibility index (Phi) is 3.55. The average molecular weight is 321 g/mol. The van der Waals surface area contributed by atoms with Gasteiger partial charge in [0.1, 0.15) is 5.75 Å². The number of nitrogens with zero attached hydrogens (tertiary/aromatic N) is 3. The molecular formula is C13H8FN3O4S. The number of benzene rings is 1. The van der Waals surface area contributed by atoms with E-state index in [2.05, 4.69) is 19.3 Å². The molecule has 0 aliphatic carbocycles. The van der Waals surface area contributed by atoms with E-state index in [-0.39, 0.29) is 5.75 Å². The predicted molar refractivity (Wildman–Crippen MR) is 73.6 cm³/mol. The molecule has 0 atom stereocenters. The summed E-state index contributed by atoms with van der Waals surface area (Å²) < 4.78 is 42.4. The zero-order valence-electron chi connectivity index (χ0n) is 10.9. The average Bonchev–Trinajstić information content (AvgIpc) is 2.97. The van der Waals surface area contributed by atoms with Crippen LogP contribution >= 0.6 is 0 Å². The van der Waals surface area contributed by atoms with E-state index in [1.54, 1.807) is 24.5 Å². The lowest BCUT2D eigenvalue weighted by Gasteiger charge is -2.00. The molecule has 0 fully saturated rings. The van der Waals surface area contributed by atoms with E-state index in [1.165, 1.54) is 24.3 Å². The SMILES string of the molecule is O=S(=O)(F)Oc1ccc(-c2noc(-c3cccnc3)n2)cc1. The molecule has 2 heterocycles. The second kappa shape index (κ2) is 5.53. The van der Waals surface area contributed by atoms with Gasteiger partial charge >= 0.3 is 10.5 Å². The van der Waals surface area contributed by atoms with Gasteiger partial charge in [-0.1, -0.05) is 9.04 Å². The molecule has 0 unspecified atom stereocenters. The highest BCUT2D eigenvalue weighted by Gasteiger charge is 2.12. The van der Waals surface area contributed by atoms with Crippen LogP contribution in [0.15, 0.2) is 53.3 Å². The number of rotatable bonds is 4. The van der Waals surface area contributed by atoms with Crippen LogP contribution in [0.3, 0.4) is 0 Å². The Morgan fingerprint density at radius 2 is 1.86 bits per heavy atom. The van der Waals surface area contributed by atoms with Crippen LogP contribution in [0.25, 0.3) is 22.8 Å². The van der Waals surface area contributed by atoms with Crippen LogP contribution in [0, 0.1) is 0 Å². The highest BCUT2D eigenvalue weighted by atomic mass is 32.3. The van der Waals surface area contributed by atoms with Crippen molar-refractivity contribution in [3.8, 4) is 28.6 Å². The first kappa shape index (κ1) is 14.1. The van der Waals surface area contributed by atoms with Gasteiger partial charge in [0.2, 0.25) is 5.82 Å². The largest absolute Gasteiger partial charge is 0.488 e. The lowest BCUT2D eigenvalue weighted by atomic mass is 10.2. The Morgan fingerprint density at radius 1 is 1.09 bits per heavy atom. The van der Waals surface area contributed by atoms with Crippen molar-refractivity contribution in [3.63, 3.8) is 0 Å². The second-order valence-corrected chi connectivity index (χ2v) is 5.12. The third kappa shape index (κ3) is 3.26. The summed E-state index contributed by atoms with van der Waals surface area (Å²) in [6.45, 7) is 0. The maximum atomic E-state index is 12.4. The molecule has 0 spiro atoms. The highest BCUT2D eigenvalue weighted by molar-refractivity contribution is 7.81. The van der Waals surface area contributed by atoms with Crippen molar-refractivity contribution in [2.24, 2.45) is 0 Å². The second-order valence-electron chi connectivity index (χ2n) is 4.17. The van der Waals surface area contributed by atoms with Crippen molar-refractivity contribution < 1.29 is 21.0 Å². The summed E-state index contributed by atoms with van der Waals surface area (Å²) in [5, 5.41) is 3.82. The number of hydrogen-bond donors (Lipinski definition) is 0. The van der Waals surface area contributed by atoms with E-state index >= 15 is 0 Å². The van der Waals surface area contributed by atoms with E-state index in [0.29, 0.717) is 22.8 Å². The van der Waals surface area contributed by atoms with Crippen molar-refractivity contribution >= 4 is 10.5 Å². The Hall–Kier alpha value is -2.81. The van der Waals surface area contributed by atoms with Crippen molar-refractivity contribution in [1.29, 1.82) is 0 Å². The predicted octanol–water partition coefficient (Wildman–Crippen LogP) is 2.39. The topological polar surface area (TPSA) is 95.2 Å². The molecule has 0 bridgehead atoms. The molecule has 0 aliphatic rings. The monoisotopic (exact) mass is 321 g/mol. The fourth-order valence-electron chi connectivity index (χ4n) is 1.72. The molecule has 3 rings (SSSR count). The summed E-state index contributed by atoms with van der Waals surface area (Å²) in [6, 6.07) is 9.05. The maximum Gasteiger partial charge on any atom is 0.488 e. The van der Waals surface area contributed by atoms with Crippen molar-refractivity contribution in [3.05, 3.63) is 48.8 Å². The number of hydrogen-bond acceptors (Lipinski definition) is 7. The molecule has 0 saturated heterocycles. The standard InChI is InChI=1S/C13H8FN3O4S/c14-22(18,19)21-11-5-3-9(4-6-11)12-16-13(20-17-12)10-2-1-7-15-8-10/h1-8H. The molecule has 0 N–H and O–H groups in total. The Labute approximate surface area is 124 Å². The zero-order valence-corrected chi connectivity index (χ0v) is 11.7. The molecule has 0 radical (unpaired) electrons. The first-order chi connectivity index (χ1) is 10.5. The van der Waals surface area contributed by atoms with Gasteiger partial charge in [0.15, 0.2) is 0 Å². The van der Waals surface area contributed by atoms with E-state index in [0.717, 1.165) is 0 Å². The molecule has 0 amide bonds. The van der Waals surface area contributed by atoms with Gasteiger partial charge in [-0.2, -0.15) is 13.4 Å². The lowest BCUT2D eigenvalue weighted by Crippen LogP contribution is -2.00. The maximum absolute atomic E-state index is 12.4. The Morgan fingerprint density at radius 3 is 2.50 bits per heavy atom. The normalized spacial score (nSPS) is 11.3. The Balaban J connectivity index is 1.85. The first-order valence-electron chi connectivity index (χ1n) is 6.00. The van der Waals surface area contributed by atoms with Crippen LogP contribution in [0.4, 0.5) is 3.89 Å². The van der Waals surface area contributed by atoms with Crippen LogP contribution in [-0.2, 0) is 10.5 Å². The third-order valence-corrected chi connectivity index (χ3v) is 3.03. The molecule has 22 heavy (non-hydrogen) atoms. The highest BCUT2D eigenvalue weighted by Crippen LogP contribution is 2.24. The fraction of sp³-hybridized carbons (Fsp3) is 0. The molecule has 3 aromatic rings. The molecule has 1 aromatic carbocycles. The van der Waals surface area contributed by atoms with E-state index in [9.17, 15) is 12.3 Å². The van der Waals surface area contributed by atoms with Gasteiger partial charge in [0, 0.05) is 18.0 Å². The van der Waals surface area contributed by atoms with Gasteiger partial charge in [-0.15, -0.1) is 0 Å². The minimum atomic E-state index is -5.04. The van der Waals surface area contributed by atoms with Gasteiger partial charge in [-0.25, -0.2) is 0 Å². The summed E-state index contributed by atoms with van der Waals surface area (Å²) in [4.78, 5) is 8.16. The summed E-state index contributed by atoms with van der Waals surface area (Å²) in [5.41, 5.74) is 1.23. The van der Waals surface area contributed by atoms with Gasteiger partial charge in [0.05, 0.1) is 5.56 Å². The van der Waals surface area contributed by atoms with Crippen LogP contribution < -0.4 is 4.18 Å². The van der Waals surface area contributed by atoms with Gasteiger partial charge in [0.25, 0.3) is 5.89 Å². The Bertz CT molecular complexity index is 879. The summed E-state index contributed by atoms with van der Waals surface area (Å²) in [5.74, 6) is 0.450. The summed E-state index contributed by atoms with van der Waals surface area (Å²) >= 11 is 0. The number of halogens is 1. The first-order valence-corrected chi connectivity index (χ1v) is 7.31. The van der Waals surface area contributed by atoms with E-state index < -0.39 is 10.5 Å². The molecule has 9 heteroatoms. The van der Waals surface area contributed by atoms with Crippen LogP contribution in [0.2, 0.25) is 0 Å². The smallest absolute Gasteiger partial charge is 0.358 e. The van der Waals surface area contributed by atoms with Gasteiger partial charge in [-0.05, 0) is 36.4 Å². The molecule has 0 saturated carbocycles. The van der Waals surface area contributed by atoms with E-state index in [4.69, 9.17) is 4.52 Å². The van der Waals surface area contributed by atoms with Crippen LogP contribution in [0.5, 0.6) is 5.75 Å². The van der Waals surface area contributed by atoms with Gasteiger partial charge < -0.3 is 8.71 Å². The number of aromatic nitrogens is 3. The minimum absolute atomic E-state index is 0.151. The molecular weight excluding hydrogens is 313 g/mol. The fourth-order valence-corrected chi connectivity index (χ4v) is 2.06. The quantitative estimate of drug-likeness (QED) is 0.681. The summed E-state index contributed by atoms with van der Waals surface area (Å²) in [6.07, 6.45) is 3.21. The van der Waals surface area contributed by atoms with E-state index in [1.807, 2.05) is 0 Å². The summed E-state index contributed by atoms with van der Waals surface area (Å²) in [7, 11) is -5.04. The molecule has 0 aliphatic heterocycles. The van der Waals surface area contributed by atoms with Gasteiger partial charge in [-0.3, -0.25) is 4.98 Å². The lowest BCUT2D eigenvalue weighted by molar-refractivity contribution is 0.432. The van der Waals surface area contributed by atoms with Crippen molar-refractivity contribution in [1.82, 2.24) is 15.1 Å². The molecule has 112 valence electrons.